The maximum absolute atomic E-state index is 12.0. The molecular weight excluding hydrogens is 359 g/mol. The number of nitrogens with two attached hydrogens (primary N) is 2. The van der Waals surface area contributed by atoms with Crippen molar-refractivity contribution in [3.63, 3.8) is 0 Å². The van der Waals surface area contributed by atoms with E-state index in [1.165, 1.54) is 18.2 Å². The molecule has 1 unspecified atom stereocenters. The standard InChI is InChI=1S/C16H19N4O5P/c17-15(18)19-13-8-4-7-12(9-13)14(26(22,23)24)20-16(21)25-10-11-5-2-1-3-6-11/h1-9,14H,10H2,(H,20,21)(H4,17,18,19)(H2,22,23,24). The van der Waals surface area contributed by atoms with E-state index in [2.05, 4.69) is 10.3 Å². The molecule has 0 bridgehead atoms. The molecule has 1 amide bonds. The molecule has 0 heterocycles. The quantitative estimate of drug-likeness (QED) is 0.290. The molecule has 2 aromatic carbocycles. The molecule has 2 rings (SSSR count). The highest BCUT2D eigenvalue weighted by Gasteiger charge is 2.32. The fourth-order valence-electron chi connectivity index (χ4n) is 2.15. The van der Waals surface area contributed by atoms with Gasteiger partial charge in [0.1, 0.15) is 6.61 Å². The zero-order valence-corrected chi connectivity index (χ0v) is 14.5. The average Bonchev–Trinajstić information content (AvgIpc) is 2.57. The van der Waals surface area contributed by atoms with E-state index in [1.807, 2.05) is 6.07 Å². The number of nitrogens with zero attached hydrogens (tertiary/aromatic N) is 1. The second kappa shape index (κ2) is 8.48. The number of carbonyl (C=O) groups excluding carboxylic acids is 1. The van der Waals surface area contributed by atoms with Gasteiger partial charge in [-0.1, -0.05) is 42.5 Å². The third kappa shape index (κ3) is 5.89. The molecule has 0 aromatic heterocycles. The highest BCUT2D eigenvalue weighted by Crippen LogP contribution is 2.50. The predicted octanol–water partition coefficient (Wildman–Crippen LogP) is 1.69. The largest absolute Gasteiger partial charge is 0.445 e. The number of aliphatic imine (C=N–C) groups is 1. The van der Waals surface area contributed by atoms with E-state index >= 15 is 0 Å². The molecule has 0 fully saturated rings. The van der Waals surface area contributed by atoms with E-state index in [9.17, 15) is 19.1 Å². The second-order valence-electron chi connectivity index (χ2n) is 5.33. The lowest BCUT2D eigenvalue weighted by atomic mass is 10.2. The van der Waals surface area contributed by atoms with Crippen LogP contribution in [-0.2, 0) is 15.9 Å². The van der Waals surface area contributed by atoms with E-state index in [0.29, 0.717) is 5.69 Å². The van der Waals surface area contributed by atoms with Crippen molar-refractivity contribution < 1.29 is 23.9 Å². The zero-order valence-electron chi connectivity index (χ0n) is 13.6. The SMILES string of the molecule is NC(N)=Nc1cccc(C(NC(=O)OCc2ccccc2)P(=O)(O)O)c1. The Morgan fingerprint density at radius 1 is 1.15 bits per heavy atom. The van der Waals surface area contributed by atoms with Gasteiger partial charge in [0.05, 0.1) is 5.69 Å². The van der Waals surface area contributed by atoms with Crippen LogP contribution in [0, 0.1) is 0 Å². The molecule has 10 heteroatoms. The molecule has 0 aliphatic heterocycles. The summed E-state index contributed by atoms with van der Waals surface area (Å²) >= 11 is 0. The first-order valence-electron chi connectivity index (χ1n) is 7.48. The summed E-state index contributed by atoms with van der Waals surface area (Å²) in [6.07, 6.45) is -0.963. The number of nitrogens with one attached hydrogen (secondary N) is 1. The zero-order chi connectivity index (χ0) is 19.2. The number of rotatable bonds is 6. The fourth-order valence-corrected chi connectivity index (χ4v) is 2.97. The monoisotopic (exact) mass is 378 g/mol. The van der Waals surface area contributed by atoms with Crippen molar-refractivity contribution in [3.8, 4) is 0 Å². The third-order valence-electron chi connectivity index (χ3n) is 3.25. The maximum atomic E-state index is 12.0. The lowest BCUT2D eigenvalue weighted by Crippen LogP contribution is -2.29. The summed E-state index contributed by atoms with van der Waals surface area (Å²) in [6.45, 7) is -0.0331. The minimum atomic E-state index is -4.72. The van der Waals surface area contributed by atoms with Crippen LogP contribution in [0.15, 0.2) is 59.6 Å². The Hall–Kier alpha value is -2.87. The van der Waals surface area contributed by atoms with Crippen LogP contribution < -0.4 is 16.8 Å². The number of carbonyl (C=O) groups is 1. The van der Waals surface area contributed by atoms with Crippen LogP contribution in [0.3, 0.4) is 0 Å². The Kier molecular flexibility index (Phi) is 6.35. The normalized spacial score (nSPS) is 12.1. The van der Waals surface area contributed by atoms with Crippen molar-refractivity contribution in [2.45, 2.75) is 12.4 Å². The van der Waals surface area contributed by atoms with Crippen molar-refractivity contribution in [3.05, 3.63) is 65.7 Å². The molecule has 1 atom stereocenters. The first-order chi connectivity index (χ1) is 12.3. The van der Waals surface area contributed by atoms with Crippen molar-refractivity contribution in [1.29, 1.82) is 0 Å². The molecule has 0 saturated carbocycles. The molecule has 0 spiro atoms. The second-order valence-corrected chi connectivity index (χ2v) is 7.02. The van der Waals surface area contributed by atoms with Crippen LogP contribution in [-0.4, -0.2) is 21.8 Å². The Bertz CT molecular complexity index is 834. The Morgan fingerprint density at radius 3 is 2.46 bits per heavy atom. The number of guanidine groups is 1. The average molecular weight is 378 g/mol. The predicted molar refractivity (Wildman–Crippen MR) is 96.5 cm³/mol. The van der Waals surface area contributed by atoms with Gasteiger partial charge in [-0.05, 0) is 23.3 Å². The smallest absolute Gasteiger partial charge is 0.408 e. The summed E-state index contributed by atoms with van der Waals surface area (Å²) < 4.78 is 16.8. The van der Waals surface area contributed by atoms with Crippen molar-refractivity contribution in [2.75, 3.05) is 0 Å². The van der Waals surface area contributed by atoms with Gasteiger partial charge in [0.25, 0.3) is 0 Å². The first-order valence-corrected chi connectivity index (χ1v) is 9.16. The Morgan fingerprint density at radius 2 is 1.85 bits per heavy atom. The van der Waals surface area contributed by atoms with Gasteiger partial charge in [-0.25, -0.2) is 9.79 Å². The van der Waals surface area contributed by atoms with Gasteiger partial charge in [0.15, 0.2) is 11.7 Å². The van der Waals surface area contributed by atoms with Crippen LogP contribution >= 0.6 is 7.60 Å². The van der Waals surface area contributed by atoms with Crippen molar-refractivity contribution in [1.82, 2.24) is 5.32 Å². The van der Waals surface area contributed by atoms with Gasteiger partial charge >= 0.3 is 13.7 Å². The van der Waals surface area contributed by atoms with Gasteiger partial charge in [0.2, 0.25) is 0 Å². The van der Waals surface area contributed by atoms with Crippen LogP contribution in [0.2, 0.25) is 0 Å². The van der Waals surface area contributed by atoms with Gasteiger partial charge in [-0.15, -0.1) is 0 Å². The summed E-state index contributed by atoms with van der Waals surface area (Å²) in [5.41, 5.74) is 11.8. The summed E-state index contributed by atoms with van der Waals surface area (Å²) in [7, 11) is -4.72. The molecule has 2 aromatic rings. The van der Waals surface area contributed by atoms with E-state index in [-0.39, 0.29) is 18.1 Å². The molecule has 7 N–H and O–H groups in total. The minimum absolute atomic E-state index is 0.0331. The van der Waals surface area contributed by atoms with E-state index < -0.39 is 19.5 Å². The van der Waals surface area contributed by atoms with E-state index in [4.69, 9.17) is 16.2 Å². The van der Waals surface area contributed by atoms with Crippen LogP contribution in [0.4, 0.5) is 10.5 Å². The number of alkyl carbamates (subject to hydrolysis) is 1. The summed E-state index contributed by atoms with van der Waals surface area (Å²) in [6, 6.07) is 14.8. The molecule has 0 aliphatic carbocycles. The van der Waals surface area contributed by atoms with Crippen LogP contribution in [0.5, 0.6) is 0 Å². The van der Waals surface area contributed by atoms with E-state index in [0.717, 1.165) is 5.56 Å². The van der Waals surface area contributed by atoms with Crippen LogP contribution in [0.1, 0.15) is 16.9 Å². The fraction of sp³-hybridized carbons (Fsp3) is 0.125. The highest BCUT2D eigenvalue weighted by molar-refractivity contribution is 7.52. The lowest BCUT2D eigenvalue weighted by molar-refractivity contribution is 0.137. The Labute approximate surface area is 149 Å². The molecule has 138 valence electrons. The molecule has 0 aliphatic rings. The summed E-state index contributed by atoms with van der Waals surface area (Å²) in [4.78, 5) is 35.0. The number of benzene rings is 2. The van der Waals surface area contributed by atoms with E-state index in [1.54, 1.807) is 30.3 Å². The molecular formula is C16H19N4O5P. The van der Waals surface area contributed by atoms with Gasteiger partial charge in [-0.2, -0.15) is 0 Å². The van der Waals surface area contributed by atoms with Crippen LogP contribution in [0.25, 0.3) is 0 Å². The highest BCUT2D eigenvalue weighted by atomic mass is 31.2. The maximum Gasteiger partial charge on any atom is 0.408 e. The molecule has 9 nitrogen and oxygen atoms in total. The first kappa shape index (κ1) is 19.5. The topological polar surface area (TPSA) is 160 Å². The number of hydrogen-bond donors (Lipinski definition) is 5. The lowest BCUT2D eigenvalue weighted by Gasteiger charge is -2.20. The molecule has 0 saturated heterocycles. The molecule has 26 heavy (non-hydrogen) atoms. The van der Waals surface area contributed by atoms with Gasteiger partial charge in [-0.3, -0.25) is 4.57 Å². The van der Waals surface area contributed by atoms with Crippen molar-refractivity contribution >= 4 is 25.3 Å². The number of amides is 1. The number of hydrogen-bond acceptors (Lipinski definition) is 4. The molecule has 0 radical (unpaired) electrons. The Balaban J connectivity index is 2.14. The van der Waals surface area contributed by atoms with Gasteiger partial charge in [0, 0.05) is 0 Å². The number of ether oxygens (including phenoxy) is 1. The summed E-state index contributed by atoms with van der Waals surface area (Å²) in [5, 5.41) is 2.19. The third-order valence-corrected chi connectivity index (χ3v) is 4.35. The van der Waals surface area contributed by atoms with Gasteiger partial charge < -0.3 is 31.3 Å². The minimum Gasteiger partial charge on any atom is -0.445 e. The summed E-state index contributed by atoms with van der Waals surface area (Å²) in [5.74, 6) is -1.80. The van der Waals surface area contributed by atoms with Crippen molar-refractivity contribution in [2.24, 2.45) is 16.5 Å².